The van der Waals surface area contributed by atoms with Gasteiger partial charge in [-0.2, -0.15) is 0 Å². The molecule has 5 heteroatoms. The number of amidine groups is 1. The lowest BCUT2D eigenvalue weighted by atomic mass is 10.4. The summed E-state index contributed by atoms with van der Waals surface area (Å²) < 4.78 is 0. The first-order valence-corrected chi connectivity index (χ1v) is 4.57. The molecule has 0 atom stereocenters. The Morgan fingerprint density at radius 1 is 1.62 bits per heavy atom. The molecule has 70 valence electrons. The fourth-order valence-corrected chi connectivity index (χ4v) is 1.58. The number of nitrogens with zero attached hydrogens (tertiary/aromatic N) is 2. The van der Waals surface area contributed by atoms with Crippen molar-refractivity contribution >= 4 is 23.0 Å². The second-order valence-corrected chi connectivity index (χ2v) is 3.86. The van der Waals surface area contributed by atoms with Gasteiger partial charge in [0.05, 0.1) is 4.88 Å². The van der Waals surface area contributed by atoms with Gasteiger partial charge in [-0.3, -0.25) is 10.2 Å². The number of nitrogens with one attached hydrogen (secondary N) is 1. The molecule has 0 unspecified atom stereocenters. The van der Waals surface area contributed by atoms with E-state index in [-0.39, 0.29) is 5.78 Å². The third-order valence-electron chi connectivity index (χ3n) is 1.50. The summed E-state index contributed by atoms with van der Waals surface area (Å²) >= 11 is 1.25. The van der Waals surface area contributed by atoms with Crippen LogP contribution in [-0.4, -0.2) is 35.6 Å². The molecule has 0 bridgehead atoms. The maximum atomic E-state index is 10.9. The molecule has 1 aromatic rings. The molecule has 13 heavy (non-hydrogen) atoms. The first kappa shape index (κ1) is 9.85. The van der Waals surface area contributed by atoms with Crippen LogP contribution in [0.4, 0.5) is 0 Å². The smallest absolute Gasteiger partial charge is 0.171 e. The van der Waals surface area contributed by atoms with Crippen molar-refractivity contribution in [3.8, 4) is 0 Å². The van der Waals surface area contributed by atoms with E-state index in [0.717, 1.165) is 0 Å². The number of thiazole rings is 1. The van der Waals surface area contributed by atoms with Crippen LogP contribution < -0.4 is 0 Å². The largest absolute Gasteiger partial charge is 0.361 e. The molecule has 1 N–H and O–H groups in total. The molecule has 1 rings (SSSR count). The lowest BCUT2D eigenvalue weighted by Crippen LogP contribution is -2.21. The van der Waals surface area contributed by atoms with E-state index in [1.807, 2.05) is 0 Å². The Balaban J connectivity index is 2.92. The highest BCUT2D eigenvalue weighted by Gasteiger charge is 2.10. The van der Waals surface area contributed by atoms with Gasteiger partial charge >= 0.3 is 0 Å². The molecule has 1 aromatic heterocycles. The Labute approximate surface area is 80.7 Å². The van der Waals surface area contributed by atoms with Crippen molar-refractivity contribution in [1.82, 2.24) is 9.88 Å². The number of hydrogen-bond acceptors (Lipinski definition) is 4. The van der Waals surface area contributed by atoms with Gasteiger partial charge in [-0.25, -0.2) is 4.98 Å². The number of aromatic nitrogens is 1. The SMILES string of the molecule is CC(=O)c1cnc(C(=N)N(C)C)s1. The number of carbonyl (C=O) groups excluding carboxylic acids is 1. The van der Waals surface area contributed by atoms with E-state index in [1.54, 1.807) is 19.0 Å². The molecule has 0 saturated carbocycles. The Hall–Kier alpha value is -1.23. The molecule has 4 nitrogen and oxygen atoms in total. The third kappa shape index (κ3) is 2.12. The van der Waals surface area contributed by atoms with Crippen LogP contribution >= 0.6 is 11.3 Å². The zero-order valence-corrected chi connectivity index (χ0v) is 8.60. The lowest BCUT2D eigenvalue weighted by molar-refractivity contribution is 0.102. The summed E-state index contributed by atoms with van der Waals surface area (Å²) in [5, 5.41) is 8.18. The van der Waals surface area contributed by atoms with E-state index in [9.17, 15) is 4.79 Å². The molecule has 0 amide bonds. The predicted molar refractivity (Wildman–Crippen MR) is 52.6 cm³/mol. The van der Waals surface area contributed by atoms with Gasteiger partial charge in [0.15, 0.2) is 16.6 Å². The number of carbonyl (C=O) groups is 1. The average molecular weight is 197 g/mol. The minimum Gasteiger partial charge on any atom is -0.361 e. The van der Waals surface area contributed by atoms with Gasteiger partial charge in [0.1, 0.15) is 0 Å². The molecule has 1 heterocycles. The molecule has 0 saturated heterocycles. The number of Topliss-reactive ketones (excluding diaryl/α,β-unsaturated/α-hetero) is 1. The van der Waals surface area contributed by atoms with Gasteiger partial charge in [0, 0.05) is 27.2 Å². The standard InChI is InChI=1S/C8H11N3OS/c1-5(12)6-4-10-8(13-6)7(9)11(2)3/h4,9H,1-3H3. The van der Waals surface area contributed by atoms with Crippen LogP contribution in [0.15, 0.2) is 6.20 Å². The van der Waals surface area contributed by atoms with Gasteiger partial charge < -0.3 is 4.90 Å². The van der Waals surface area contributed by atoms with Crippen molar-refractivity contribution in [3.63, 3.8) is 0 Å². The van der Waals surface area contributed by atoms with Gasteiger partial charge in [-0.05, 0) is 0 Å². The van der Waals surface area contributed by atoms with E-state index in [2.05, 4.69) is 4.98 Å². The second-order valence-electron chi connectivity index (χ2n) is 2.83. The van der Waals surface area contributed by atoms with Gasteiger partial charge in [-0.1, -0.05) is 0 Å². The topological polar surface area (TPSA) is 57.1 Å². The van der Waals surface area contributed by atoms with E-state index in [4.69, 9.17) is 5.41 Å². The van der Waals surface area contributed by atoms with Crippen LogP contribution in [0, 0.1) is 5.41 Å². The Bertz CT molecular complexity index is 343. The first-order chi connectivity index (χ1) is 6.02. The Morgan fingerprint density at radius 3 is 2.62 bits per heavy atom. The average Bonchev–Trinajstić information content (AvgIpc) is 2.50. The maximum absolute atomic E-state index is 10.9. The normalized spacial score (nSPS) is 9.77. The van der Waals surface area contributed by atoms with Gasteiger partial charge in [0.2, 0.25) is 0 Å². The quantitative estimate of drug-likeness (QED) is 0.441. The molecule has 0 aliphatic rings. The van der Waals surface area contributed by atoms with Crippen molar-refractivity contribution in [3.05, 3.63) is 16.1 Å². The molecule has 0 fully saturated rings. The number of rotatable bonds is 2. The predicted octanol–water partition coefficient (Wildman–Crippen LogP) is 1.23. The summed E-state index contributed by atoms with van der Waals surface area (Å²) in [6.45, 7) is 1.50. The molecular weight excluding hydrogens is 186 g/mol. The van der Waals surface area contributed by atoms with Crippen LogP contribution in [0.2, 0.25) is 0 Å². The highest BCUT2D eigenvalue weighted by Crippen LogP contribution is 2.14. The number of hydrogen-bond donors (Lipinski definition) is 1. The van der Waals surface area contributed by atoms with Gasteiger partial charge in [0.25, 0.3) is 0 Å². The Morgan fingerprint density at radius 2 is 2.23 bits per heavy atom. The van der Waals surface area contributed by atoms with Crippen LogP contribution in [0.5, 0.6) is 0 Å². The monoisotopic (exact) mass is 197 g/mol. The zero-order chi connectivity index (χ0) is 10.0. The summed E-state index contributed by atoms with van der Waals surface area (Å²) in [4.78, 5) is 17.2. The molecule has 0 aromatic carbocycles. The summed E-state index contributed by atoms with van der Waals surface area (Å²) in [6, 6.07) is 0. The van der Waals surface area contributed by atoms with E-state index in [0.29, 0.717) is 15.7 Å². The molecular formula is C8H11N3OS. The Kier molecular flexibility index (Phi) is 2.77. The van der Waals surface area contributed by atoms with Crippen LogP contribution in [0.3, 0.4) is 0 Å². The van der Waals surface area contributed by atoms with E-state index >= 15 is 0 Å². The first-order valence-electron chi connectivity index (χ1n) is 3.75. The third-order valence-corrected chi connectivity index (χ3v) is 2.61. The summed E-state index contributed by atoms with van der Waals surface area (Å²) in [7, 11) is 3.55. The maximum Gasteiger partial charge on any atom is 0.171 e. The van der Waals surface area contributed by atoms with Crippen LogP contribution in [0.25, 0.3) is 0 Å². The zero-order valence-electron chi connectivity index (χ0n) is 7.79. The highest BCUT2D eigenvalue weighted by atomic mass is 32.1. The highest BCUT2D eigenvalue weighted by molar-refractivity contribution is 7.15. The summed E-state index contributed by atoms with van der Waals surface area (Å²) in [6.07, 6.45) is 1.51. The van der Waals surface area contributed by atoms with Crippen molar-refractivity contribution < 1.29 is 4.79 Å². The minimum atomic E-state index is -0.00435. The van der Waals surface area contributed by atoms with Crippen molar-refractivity contribution in [1.29, 1.82) is 5.41 Å². The summed E-state index contributed by atoms with van der Waals surface area (Å²) in [5.41, 5.74) is 0. The minimum absolute atomic E-state index is 0.00435. The van der Waals surface area contributed by atoms with Gasteiger partial charge in [-0.15, -0.1) is 11.3 Å². The molecule has 0 aliphatic carbocycles. The molecule has 0 aliphatic heterocycles. The second kappa shape index (κ2) is 3.66. The molecule has 0 spiro atoms. The van der Waals surface area contributed by atoms with E-state index in [1.165, 1.54) is 24.5 Å². The van der Waals surface area contributed by atoms with Crippen LogP contribution in [0.1, 0.15) is 21.6 Å². The fourth-order valence-electron chi connectivity index (χ4n) is 0.738. The van der Waals surface area contributed by atoms with Crippen molar-refractivity contribution in [2.24, 2.45) is 0 Å². The number of ketones is 1. The van der Waals surface area contributed by atoms with Crippen LogP contribution in [-0.2, 0) is 0 Å². The molecule has 0 radical (unpaired) electrons. The lowest BCUT2D eigenvalue weighted by Gasteiger charge is -2.09. The van der Waals surface area contributed by atoms with Crippen molar-refractivity contribution in [2.75, 3.05) is 14.1 Å². The fraction of sp³-hybridized carbons (Fsp3) is 0.375. The van der Waals surface area contributed by atoms with Crippen molar-refractivity contribution in [2.45, 2.75) is 6.92 Å². The van der Waals surface area contributed by atoms with E-state index < -0.39 is 0 Å². The summed E-state index contributed by atoms with van der Waals surface area (Å²) in [5.74, 6) is 0.327.